The highest BCUT2D eigenvalue weighted by molar-refractivity contribution is 6.74. The summed E-state index contributed by atoms with van der Waals surface area (Å²) in [5.41, 5.74) is 0.904. The lowest BCUT2D eigenvalue weighted by atomic mass is 10.1. The second-order valence-electron chi connectivity index (χ2n) is 6.95. The van der Waals surface area contributed by atoms with Gasteiger partial charge in [0.2, 0.25) is 0 Å². The van der Waals surface area contributed by atoms with Crippen molar-refractivity contribution in [2.45, 2.75) is 45.3 Å². The lowest BCUT2D eigenvalue weighted by molar-refractivity contribution is -0.120. The average Bonchev–Trinajstić information content (AvgIpc) is 2.44. The van der Waals surface area contributed by atoms with E-state index < -0.39 is 8.32 Å². The van der Waals surface area contributed by atoms with Crippen LogP contribution in [0.5, 0.6) is 11.5 Å². The van der Waals surface area contributed by atoms with Crippen LogP contribution in [-0.4, -0.2) is 34.9 Å². The van der Waals surface area contributed by atoms with Gasteiger partial charge >= 0.3 is 0 Å². The molecule has 0 spiro atoms. The highest BCUT2D eigenvalue weighted by Gasteiger charge is 2.37. The van der Waals surface area contributed by atoms with Crippen LogP contribution in [0, 0.1) is 0 Å². The number of benzene rings is 1. The van der Waals surface area contributed by atoms with Crippen LogP contribution in [0.4, 0.5) is 0 Å². The van der Waals surface area contributed by atoms with Crippen LogP contribution in [0.3, 0.4) is 0 Å². The third kappa shape index (κ3) is 4.85. The number of hydrogen-bond donors (Lipinski definition) is 0. The highest BCUT2D eigenvalue weighted by Crippen LogP contribution is 2.36. The zero-order valence-corrected chi connectivity index (χ0v) is 15.8. The Kier molecular flexibility index (Phi) is 6.20. The van der Waals surface area contributed by atoms with Gasteiger partial charge < -0.3 is 13.9 Å². The second-order valence-corrected chi connectivity index (χ2v) is 11.8. The molecule has 1 rings (SSSR count). The molecule has 0 aromatic heterocycles. The maximum absolute atomic E-state index is 12.2. The molecule has 0 aliphatic heterocycles. The first-order valence-corrected chi connectivity index (χ1v) is 10.4. The molecule has 0 heterocycles. The number of ether oxygens (including phenoxy) is 2. The lowest BCUT2D eigenvalue weighted by Crippen LogP contribution is -2.42. The van der Waals surface area contributed by atoms with Crippen molar-refractivity contribution in [1.82, 2.24) is 0 Å². The van der Waals surface area contributed by atoms with Gasteiger partial charge in [-0.1, -0.05) is 26.8 Å². The molecular weight excluding hydrogens is 296 g/mol. The Bertz CT molecular complexity index is 518. The minimum absolute atomic E-state index is 0.0806. The van der Waals surface area contributed by atoms with Crippen molar-refractivity contribution in [3.05, 3.63) is 23.8 Å². The zero-order valence-electron chi connectivity index (χ0n) is 14.8. The van der Waals surface area contributed by atoms with Gasteiger partial charge in [-0.15, -0.1) is 0 Å². The largest absolute Gasteiger partial charge is 0.493 e. The molecule has 5 heteroatoms. The topological polar surface area (TPSA) is 44.8 Å². The minimum atomic E-state index is -1.88. The van der Waals surface area contributed by atoms with Gasteiger partial charge in [-0.25, -0.2) is 0 Å². The van der Waals surface area contributed by atoms with Crippen molar-refractivity contribution < 1.29 is 18.7 Å². The standard InChI is InChI=1S/C17H28O4Si/c1-17(2,3)22(6,7)21-12-14(18)10-13-8-9-15(19-4)16(11-13)20-5/h8-9,11H,10,12H2,1-7H3. The van der Waals surface area contributed by atoms with Gasteiger partial charge in [0, 0.05) is 6.42 Å². The lowest BCUT2D eigenvalue weighted by Gasteiger charge is -2.35. The fourth-order valence-electron chi connectivity index (χ4n) is 1.75. The molecule has 1 aromatic carbocycles. The molecule has 22 heavy (non-hydrogen) atoms. The minimum Gasteiger partial charge on any atom is -0.493 e. The summed E-state index contributed by atoms with van der Waals surface area (Å²) < 4.78 is 16.4. The first-order valence-electron chi connectivity index (χ1n) is 7.47. The van der Waals surface area contributed by atoms with Crippen molar-refractivity contribution in [3.8, 4) is 11.5 Å². The number of carbonyl (C=O) groups excluding carboxylic acids is 1. The Morgan fingerprint density at radius 1 is 1.09 bits per heavy atom. The smallest absolute Gasteiger partial charge is 0.192 e. The van der Waals surface area contributed by atoms with Crippen LogP contribution in [0.1, 0.15) is 26.3 Å². The predicted molar refractivity (Wildman–Crippen MR) is 91.4 cm³/mol. The van der Waals surface area contributed by atoms with Gasteiger partial charge in [-0.3, -0.25) is 4.79 Å². The molecule has 0 N–H and O–H groups in total. The van der Waals surface area contributed by atoms with Crippen molar-refractivity contribution in [2.24, 2.45) is 0 Å². The van der Waals surface area contributed by atoms with Gasteiger partial charge in [-0.05, 0) is 35.8 Å². The molecule has 0 bridgehead atoms. The second kappa shape index (κ2) is 7.29. The fraction of sp³-hybridized carbons (Fsp3) is 0.588. The van der Waals surface area contributed by atoms with E-state index in [1.807, 2.05) is 18.2 Å². The van der Waals surface area contributed by atoms with Gasteiger partial charge in [-0.2, -0.15) is 0 Å². The summed E-state index contributed by atoms with van der Waals surface area (Å²) in [5.74, 6) is 1.38. The van der Waals surface area contributed by atoms with Gasteiger partial charge in [0.1, 0.15) is 0 Å². The zero-order chi connectivity index (χ0) is 17.0. The molecule has 0 aliphatic carbocycles. The molecule has 0 radical (unpaired) electrons. The van der Waals surface area contributed by atoms with Crippen LogP contribution in [0.25, 0.3) is 0 Å². The molecule has 0 unspecified atom stereocenters. The van der Waals surface area contributed by atoms with E-state index in [-0.39, 0.29) is 17.4 Å². The molecule has 1 aromatic rings. The molecular formula is C17H28O4Si. The number of carbonyl (C=O) groups is 1. The number of hydrogen-bond acceptors (Lipinski definition) is 4. The Labute approximate surface area is 134 Å². The highest BCUT2D eigenvalue weighted by atomic mass is 28.4. The van der Waals surface area contributed by atoms with Crippen LogP contribution >= 0.6 is 0 Å². The van der Waals surface area contributed by atoms with Gasteiger partial charge in [0.25, 0.3) is 0 Å². The normalized spacial score (nSPS) is 12.1. The van der Waals surface area contributed by atoms with Crippen LogP contribution in [-0.2, 0) is 15.6 Å². The van der Waals surface area contributed by atoms with E-state index >= 15 is 0 Å². The summed E-state index contributed by atoms with van der Waals surface area (Å²) in [5, 5.41) is 0.108. The van der Waals surface area contributed by atoms with E-state index in [1.54, 1.807) is 14.2 Å². The van der Waals surface area contributed by atoms with E-state index in [0.717, 1.165) is 5.56 Å². The molecule has 0 saturated carbocycles. The molecule has 0 amide bonds. The fourth-order valence-corrected chi connectivity index (χ4v) is 2.70. The number of rotatable bonds is 7. The Hall–Kier alpha value is -1.33. The first kappa shape index (κ1) is 18.7. The van der Waals surface area contributed by atoms with Crippen LogP contribution in [0.2, 0.25) is 18.1 Å². The van der Waals surface area contributed by atoms with E-state index in [9.17, 15) is 4.79 Å². The Morgan fingerprint density at radius 2 is 1.68 bits per heavy atom. The third-order valence-electron chi connectivity index (χ3n) is 4.25. The van der Waals surface area contributed by atoms with Crippen molar-refractivity contribution in [1.29, 1.82) is 0 Å². The van der Waals surface area contributed by atoms with Crippen LogP contribution in [0.15, 0.2) is 18.2 Å². The quantitative estimate of drug-likeness (QED) is 0.715. The molecule has 0 fully saturated rings. The first-order chi connectivity index (χ1) is 10.1. The van der Waals surface area contributed by atoms with Crippen molar-refractivity contribution in [3.63, 3.8) is 0 Å². The SMILES string of the molecule is COc1ccc(CC(=O)CO[Si](C)(C)C(C)(C)C)cc1OC. The molecule has 0 aliphatic rings. The summed E-state index contributed by atoms with van der Waals surface area (Å²) >= 11 is 0. The Morgan fingerprint density at radius 3 is 2.18 bits per heavy atom. The van der Waals surface area contributed by atoms with E-state index in [4.69, 9.17) is 13.9 Å². The average molecular weight is 324 g/mol. The number of methoxy groups -OCH3 is 2. The summed E-state index contributed by atoms with van der Waals surface area (Å²) in [6.45, 7) is 11.0. The van der Waals surface area contributed by atoms with Gasteiger partial charge in [0.05, 0.1) is 20.8 Å². The molecule has 4 nitrogen and oxygen atoms in total. The Balaban J connectivity index is 2.66. The maximum atomic E-state index is 12.2. The summed E-state index contributed by atoms with van der Waals surface area (Å²) in [6.07, 6.45) is 0.342. The van der Waals surface area contributed by atoms with Crippen LogP contribution < -0.4 is 9.47 Å². The number of Topliss-reactive ketones (excluding diaryl/α,β-unsaturated/α-hetero) is 1. The molecule has 0 saturated heterocycles. The van der Waals surface area contributed by atoms with Crippen molar-refractivity contribution >= 4 is 14.1 Å². The predicted octanol–water partition coefficient (Wildman–Crippen LogP) is 3.84. The van der Waals surface area contributed by atoms with Crippen molar-refractivity contribution in [2.75, 3.05) is 20.8 Å². The summed E-state index contributed by atoms with van der Waals surface area (Å²) in [7, 11) is 1.30. The van der Waals surface area contributed by atoms with E-state index in [0.29, 0.717) is 17.9 Å². The maximum Gasteiger partial charge on any atom is 0.192 e. The van der Waals surface area contributed by atoms with Gasteiger partial charge in [0.15, 0.2) is 25.6 Å². The third-order valence-corrected chi connectivity index (χ3v) is 8.73. The summed E-state index contributed by atoms with van der Waals surface area (Å²) in [6, 6.07) is 5.53. The number of ketones is 1. The summed E-state index contributed by atoms with van der Waals surface area (Å²) in [4.78, 5) is 12.2. The van der Waals surface area contributed by atoms with E-state index in [2.05, 4.69) is 33.9 Å². The molecule has 0 atom stereocenters. The molecule has 124 valence electrons. The van der Waals surface area contributed by atoms with E-state index in [1.165, 1.54) is 0 Å². The monoisotopic (exact) mass is 324 g/mol.